The molecule has 2 aliphatic rings. The van der Waals surface area contributed by atoms with Gasteiger partial charge in [-0.3, -0.25) is 9.59 Å². The van der Waals surface area contributed by atoms with Crippen LogP contribution in [0, 0.1) is 11.3 Å². The minimum atomic E-state index is -0.853. The molecule has 4 rings (SSSR count). The Morgan fingerprint density at radius 3 is 2.20 bits per heavy atom. The lowest BCUT2D eigenvalue weighted by Gasteiger charge is -2.41. The first-order chi connectivity index (χ1) is 16.9. The van der Waals surface area contributed by atoms with Gasteiger partial charge < -0.3 is 20.5 Å². The lowest BCUT2D eigenvalue weighted by molar-refractivity contribution is -0.138. The molecule has 2 amide bonds. The molecule has 7 heteroatoms. The number of alkyl carbamates (subject to hydrolysis) is 1. The van der Waals surface area contributed by atoms with Crippen molar-refractivity contribution in [2.24, 2.45) is 11.3 Å². The molecule has 35 heavy (non-hydrogen) atoms. The van der Waals surface area contributed by atoms with Crippen LogP contribution < -0.4 is 10.6 Å². The third-order valence-corrected chi connectivity index (χ3v) is 7.53. The van der Waals surface area contributed by atoms with Gasteiger partial charge in [-0.05, 0) is 46.4 Å². The highest BCUT2D eigenvalue weighted by Gasteiger charge is 2.39. The number of carbonyl (C=O) groups excluding carboxylic acids is 2. The second-order valence-corrected chi connectivity index (χ2v) is 9.89. The van der Waals surface area contributed by atoms with Crippen LogP contribution in [-0.2, 0) is 14.3 Å². The number of ether oxygens (including phenoxy) is 1. The first-order valence-corrected chi connectivity index (χ1v) is 12.5. The van der Waals surface area contributed by atoms with Gasteiger partial charge in [0.1, 0.15) is 6.61 Å². The SMILES string of the molecule is CCC(CNC(=O)CC1(CNC(=O)OCC2c3ccccc3-c3ccccc32)CCC1)CC(=O)O. The Balaban J connectivity index is 1.27. The van der Waals surface area contributed by atoms with Gasteiger partial charge in [0.15, 0.2) is 0 Å². The van der Waals surface area contributed by atoms with Gasteiger partial charge in [-0.15, -0.1) is 0 Å². The van der Waals surface area contributed by atoms with Crippen molar-refractivity contribution in [3.05, 3.63) is 59.7 Å². The van der Waals surface area contributed by atoms with Crippen LogP contribution in [0.5, 0.6) is 0 Å². The van der Waals surface area contributed by atoms with Crippen LogP contribution in [0.15, 0.2) is 48.5 Å². The lowest BCUT2D eigenvalue weighted by atomic mass is 9.66. The van der Waals surface area contributed by atoms with Crippen LogP contribution in [-0.4, -0.2) is 42.8 Å². The molecule has 0 heterocycles. The van der Waals surface area contributed by atoms with Crippen molar-refractivity contribution in [2.75, 3.05) is 19.7 Å². The Morgan fingerprint density at radius 1 is 1.03 bits per heavy atom. The van der Waals surface area contributed by atoms with E-state index in [4.69, 9.17) is 9.84 Å². The molecular weight excluding hydrogens is 444 g/mol. The number of nitrogens with one attached hydrogen (secondary N) is 2. The third-order valence-electron chi connectivity index (χ3n) is 7.53. The zero-order valence-corrected chi connectivity index (χ0v) is 20.2. The number of carboxylic acid groups (broad SMARTS) is 1. The van der Waals surface area contributed by atoms with Crippen LogP contribution in [0.2, 0.25) is 0 Å². The Kier molecular flexibility index (Phi) is 7.73. The highest BCUT2D eigenvalue weighted by Crippen LogP contribution is 2.45. The van der Waals surface area contributed by atoms with Crippen molar-refractivity contribution >= 4 is 18.0 Å². The van der Waals surface area contributed by atoms with Crippen LogP contribution in [0.3, 0.4) is 0 Å². The van der Waals surface area contributed by atoms with Crippen molar-refractivity contribution in [1.29, 1.82) is 0 Å². The van der Waals surface area contributed by atoms with E-state index >= 15 is 0 Å². The quantitative estimate of drug-likeness (QED) is 0.434. The van der Waals surface area contributed by atoms with Crippen molar-refractivity contribution in [3.8, 4) is 11.1 Å². The summed E-state index contributed by atoms with van der Waals surface area (Å²) in [4.78, 5) is 36.0. The molecule has 0 saturated heterocycles. The van der Waals surface area contributed by atoms with E-state index in [1.807, 2.05) is 31.2 Å². The largest absolute Gasteiger partial charge is 0.481 e. The summed E-state index contributed by atoms with van der Waals surface area (Å²) in [5, 5.41) is 14.8. The van der Waals surface area contributed by atoms with Crippen LogP contribution in [0.25, 0.3) is 11.1 Å². The summed E-state index contributed by atoms with van der Waals surface area (Å²) >= 11 is 0. The number of carbonyl (C=O) groups is 3. The molecule has 2 aliphatic carbocycles. The molecule has 0 aromatic heterocycles. The number of amides is 2. The standard InChI is InChI=1S/C28H34N2O5/c1-2-19(14-26(32)33)16-29-25(31)15-28(12-7-13-28)18-30-27(34)35-17-24-22-10-5-3-8-20(22)21-9-4-6-11-23(21)24/h3-6,8-11,19,24H,2,7,12-18H2,1H3,(H,29,31)(H,30,34)(H,32,33). The number of benzene rings is 2. The van der Waals surface area contributed by atoms with E-state index in [2.05, 4.69) is 34.9 Å². The summed E-state index contributed by atoms with van der Waals surface area (Å²) in [6.45, 7) is 2.93. The summed E-state index contributed by atoms with van der Waals surface area (Å²) in [5.74, 6) is -1.02. The zero-order chi connectivity index (χ0) is 24.8. The first-order valence-electron chi connectivity index (χ1n) is 12.5. The summed E-state index contributed by atoms with van der Waals surface area (Å²) in [7, 11) is 0. The number of hydrogen-bond donors (Lipinski definition) is 3. The zero-order valence-electron chi connectivity index (χ0n) is 20.2. The average Bonchev–Trinajstić information content (AvgIpc) is 3.15. The molecule has 0 aliphatic heterocycles. The lowest BCUT2D eigenvalue weighted by Crippen LogP contribution is -2.46. The number of aliphatic carboxylic acids is 1. The Labute approximate surface area is 206 Å². The van der Waals surface area contributed by atoms with Gasteiger partial charge in [0, 0.05) is 31.8 Å². The fourth-order valence-corrected chi connectivity index (χ4v) is 5.27. The van der Waals surface area contributed by atoms with Gasteiger partial charge in [0.05, 0.1) is 0 Å². The molecule has 1 fully saturated rings. The van der Waals surface area contributed by atoms with E-state index in [-0.39, 0.29) is 36.2 Å². The molecule has 0 radical (unpaired) electrons. The monoisotopic (exact) mass is 478 g/mol. The van der Waals surface area contributed by atoms with Gasteiger partial charge >= 0.3 is 12.1 Å². The van der Waals surface area contributed by atoms with Crippen molar-refractivity contribution in [3.63, 3.8) is 0 Å². The van der Waals surface area contributed by atoms with Gasteiger partial charge in [0.2, 0.25) is 5.91 Å². The maximum absolute atomic E-state index is 12.6. The molecule has 0 bridgehead atoms. The van der Waals surface area contributed by atoms with E-state index in [0.717, 1.165) is 19.3 Å². The minimum absolute atomic E-state index is 0.00824. The molecule has 7 nitrogen and oxygen atoms in total. The fourth-order valence-electron chi connectivity index (χ4n) is 5.27. The molecule has 2 aromatic rings. The summed E-state index contributed by atoms with van der Waals surface area (Å²) in [6.07, 6.45) is 3.36. The summed E-state index contributed by atoms with van der Waals surface area (Å²) in [6, 6.07) is 16.4. The molecule has 1 saturated carbocycles. The molecule has 186 valence electrons. The maximum atomic E-state index is 12.6. The predicted octanol–water partition coefficient (Wildman–Crippen LogP) is 4.70. The van der Waals surface area contributed by atoms with Gasteiger partial charge in [-0.25, -0.2) is 4.79 Å². The van der Waals surface area contributed by atoms with Crippen molar-refractivity contribution in [1.82, 2.24) is 10.6 Å². The molecular formula is C28H34N2O5. The van der Waals surface area contributed by atoms with E-state index in [9.17, 15) is 14.4 Å². The second-order valence-electron chi connectivity index (χ2n) is 9.89. The Morgan fingerprint density at radius 2 is 1.66 bits per heavy atom. The predicted molar refractivity (Wildman–Crippen MR) is 133 cm³/mol. The number of fused-ring (bicyclic) bond motifs is 3. The topological polar surface area (TPSA) is 105 Å². The first kappa shape index (κ1) is 24.8. The normalized spacial score (nSPS) is 16.4. The van der Waals surface area contributed by atoms with Gasteiger partial charge in [-0.1, -0.05) is 68.3 Å². The minimum Gasteiger partial charge on any atom is -0.481 e. The molecule has 1 atom stereocenters. The maximum Gasteiger partial charge on any atom is 0.407 e. The van der Waals surface area contributed by atoms with E-state index in [1.54, 1.807) is 0 Å². The summed E-state index contributed by atoms with van der Waals surface area (Å²) in [5.41, 5.74) is 4.45. The smallest absolute Gasteiger partial charge is 0.407 e. The molecule has 0 spiro atoms. The Bertz CT molecular complexity index is 1030. The van der Waals surface area contributed by atoms with Crippen molar-refractivity contribution in [2.45, 2.75) is 51.4 Å². The summed E-state index contributed by atoms with van der Waals surface area (Å²) < 4.78 is 5.63. The van der Waals surface area contributed by atoms with Crippen LogP contribution in [0.4, 0.5) is 4.79 Å². The highest BCUT2D eigenvalue weighted by molar-refractivity contribution is 5.79. The van der Waals surface area contributed by atoms with Crippen molar-refractivity contribution < 1.29 is 24.2 Å². The second kappa shape index (κ2) is 10.9. The highest BCUT2D eigenvalue weighted by atomic mass is 16.5. The molecule has 3 N–H and O–H groups in total. The fraction of sp³-hybridized carbons (Fsp3) is 0.464. The van der Waals surface area contributed by atoms with Crippen LogP contribution >= 0.6 is 0 Å². The third kappa shape index (κ3) is 5.84. The van der Waals surface area contributed by atoms with E-state index in [1.165, 1.54) is 22.3 Å². The van der Waals surface area contributed by atoms with E-state index in [0.29, 0.717) is 25.9 Å². The van der Waals surface area contributed by atoms with E-state index < -0.39 is 12.1 Å². The molecule has 1 unspecified atom stereocenters. The number of hydrogen-bond acceptors (Lipinski definition) is 4. The van der Waals surface area contributed by atoms with Gasteiger partial charge in [-0.2, -0.15) is 0 Å². The number of rotatable bonds is 11. The average molecular weight is 479 g/mol. The Hall–Kier alpha value is -3.35. The van der Waals surface area contributed by atoms with Gasteiger partial charge in [0.25, 0.3) is 0 Å². The molecule has 2 aromatic carbocycles. The van der Waals surface area contributed by atoms with Crippen LogP contribution in [0.1, 0.15) is 62.5 Å². The number of carboxylic acids is 1.